The number of rotatable bonds is 8. The number of hydrogen-bond acceptors (Lipinski definition) is 3. The third-order valence-electron chi connectivity index (χ3n) is 3.86. The molecule has 2 N–H and O–H groups in total. The average molecular weight is 372 g/mol. The molecule has 2 aromatic rings. The molecular formula is C20H24N2O3S. The Labute approximate surface area is 155 Å². The van der Waals surface area contributed by atoms with Crippen molar-refractivity contribution in [1.82, 2.24) is 10.0 Å². The van der Waals surface area contributed by atoms with E-state index in [1.807, 2.05) is 37.3 Å². The quantitative estimate of drug-likeness (QED) is 0.700. The van der Waals surface area contributed by atoms with Crippen molar-refractivity contribution in [2.24, 2.45) is 0 Å². The van der Waals surface area contributed by atoms with E-state index in [9.17, 15) is 13.2 Å². The lowest BCUT2D eigenvalue weighted by Gasteiger charge is -2.07. The van der Waals surface area contributed by atoms with E-state index in [0.717, 1.165) is 16.7 Å². The first-order valence-electron chi connectivity index (χ1n) is 8.52. The molecule has 0 aliphatic rings. The van der Waals surface area contributed by atoms with Gasteiger partial charge in [-0.3, -0.25) is 4.79 Å². The van der Waals surface area contributed by atoms with Crippen LogP contribution in [0.15, 0.2) is 65.6 Å². The molecule has 138 valence electrons. The first-order valence-corrected chi connectivity index (χ1v) is 10.0. The second-order valence-electron chi connectivity index (χ2n) is 5.88. The fourth-order valence-corrected chi connectivity index (χ4v) is 3.51. The van der Waals surface area contributed by atoms with Crippen LogP contribution in [0.4, 0.5) is 0 Å². The van der Waals surface area contributed by atoms with Crippen LogP contribution < -0.4 is 10.0 Å². The number of carbonyl (C=O) groups excluding carboxylic acids is 1. The maximum absolute atomic E-state index is 12.0. The topological polar surface area (TPSA) is 75.3 Å². The Morgan fingerprint density at radius 2 is 1.69 bits per heavy atom. The van der Waals surface area contributed by atoms with Crippen LogP contribution >= 0.6 is 0 Å². The predicted octanol–water partition coefficient (Wildman–Crippen LogP) is 2.75. The minimum Gasteiger partial charge on any atom is -0.352 e. The summed E-state index contributed by atoms with van der Waals surface area (Å²) in [6.45, 7) is 4.48. The highest BCUT2D eigenvalue weighted by Gasteiger charge is 2.11. The monoisotopic (exact) mass is 372 g/mol. The highest BCUT2D eigenvalue weighted by atomic mass is 32.2. The lowest BCUT2D eigenvalue weighted by molar-refractivity contribution is -0.116. The number of amides is 1. The van der Waals surface area contributed by atoms with Crippen LogP contribution in [0.1, 0.15) is 25.0 Å². The largest absolute Gasteiger partial charge is 0.352 e. The molecule has 0 aromatic heterocycles. The van der Waals surface area contributed by atoms with Crippen molar-refractivity contribution >= 4 is 21.5 Å². The van der Waals surface area contributed by atoms with Gasteiger partial charge in [0.1, 0.15) is 0 Å². The minimum atomic E-state index is -3.43. The van der Waals surface area contributed by atoms with Gasteiger partial charge in [0.25, 0.3) is 0 Å². The van der Waals surface area contributed by atoms with Crippen LogP contribution in [0.25, 0.3) is 5.57 Å². The summed E-state index contributed by atoms with van der Waals surface area (Å²) in [7, 11) is -3.43. The number of carbonyl (C=O) groups is 1. The molecule has 0 heterocycles. The molecule has 26 heavy (non-hydrogen) atoms. The SMILES string of the molecule is CCNS(=O)(=O)c1ccc(CCNC(=O)/C=C(\C)c2ccccc2)cc1. The van der Waals surface area contributed by atoms with Crippen LogP contribution in [0.3, 0.4) is 0 Å². The van der Waals surface area contributed by atoms with Gasteiger partial charge in [-0.1, -0.05) is 49.4 Å². The Morgan fingerprint density at radius 3 is 2.31 bits per heavy atom. The van der Waals surface area contributed by atoms with E-state index in [2.05, 4.69) is 10.0 Å². The van der Waals surface area contributed by atoms with Crippen LogP contribution in [-0.2, 0) is 21.2 Å². The molecule has 0 radical (unpaired) electrons. The van der Waals surface area contributed by atoms with Gasteiger partial charge in [0, 0.05) is 19.2 Å². The molecule has 5 nitrogen and oxygen atoms in total. The fraction of sp³-hybridized carbons (Fsp3) is 0.250. The Hall–Kier alpha value is -2.44. The normalized spacial score (nSPS) is 12.0. The predicted molar refractivity (Wildman–Crippen MR) is 104 cm³/mol. The van der Waals surface area contributed by atoms with Crippen molar-refractivity contribution in [2.45, 2.75) is 25.2 Å². The van der Waals surface area contributed by atoms with Crippen molar-refractivity contribution in [3.05, 3.63) is 71.8 Å². The molecule has 1 amide bonds. The summed E-state index contributed by atoms with van der Waals surface area (Å²) in [6.07, 6.45) is 2.22. The van der Waals surface area contributed by atoms with Crippen LogP contribution in [-0.4, -0.2) is 27.4 Å². The summed E-state index contributed by atoms with van der Waals surface area (Å²) in [6, 6.07) is 16.4. The number of hydrogen-bond donors (Lipinski definition) is 2. The van der Waals surface area contributed by atoms with E-state index >= 15 is 0 Å². The second kappa shape index (κ2) is 9.31. The van der Waals surface area contributed by atoms with Gasteiger partial charge in [-0.05, 0) is 42.2 Å². The van der Waals surface area contributed by atoms with Gasteiger partial charge in [-0.25, -0.2) is 13.1 Å². The zero-order valence-electron chi connectivity index (χ0n) is 15.0. The molecule has 0 unspecified atom stereocenters. The first-order chi connectivity index (χ1) is 12.4. The van der Waals surface area contributed by atoms with E-state index in [1.54, 1.807) is 37.3 Å². The smallest absolute Gasteiger partial charge is 0.244 e. The number of nitrogens with one attached hydrogen (secondary N) is 2. The molecule has 0 saturated heterocycles. The van der Waals surface area contributed by atoms with E-state index in [0.29, 0.717) is 19.5 Å². The number of sulfonamides is 1. The summed E-state index contributed by atoms with van der Waals surface area (Å²) in [4.78, 5) is 12.2. The molecule has 2 aromatic carbocycles. The fourth-order valence-electron chi connectivity index (χ4n) is 2.47. The summed E-state index contributed by atoms with van der Waals surface area (Å²) in [5.41, 5.74) is 2.88. The van der Waals surface area contributed by atoms with E-state index in [1.165, 1.54) is 0 Å². The second-order valence-corrected chi connectivity index (χ2v) is 7.65. The standard InChI is InChI=1S/C20H24N2O3S/c1-3-22-26(24,25)19-11-9-17(10-12-19)13-14-21-20(23)15-16(2)18-7-5-4-6-8-18/h4-12,15,22H,3,13-14H2,1-2H3,(H,21,23)/b16-15+. The highest BCUT2D eigenvalue weighted by Crippen LogP contribution is 2.12. The summed E-state index contributed by atoms with van der Waals surface area (Å²) in [5, 5.41) is 2.85. The molecule has 0 saturated carbocycles. The van der Waals surface area contributed by atoms with Gasteiger partial charge in [0.05, 0.1) is 4.90 Å². The van der Waals surface area contributed by atoms with Crippen LogP contribution in [0.2, 0.25) is 0 Å². The Balaban J connectivity index is 1.87. The Morgan fingerprint density at radius 1 is 1.04 bits per heavy atom. The van der Waals surface area contributed by atoms with Crippen molar-refractivity contribution in [2.75, 3.05) is 13.1 Å². The summed E-state index contributed by atoms with van der Waals surface area (Å²) in [5.74, 6) is -0.141. The highest BCUT2D eigenvalue weighted by molar-refractivity contribution is 7.89. The van der Waals surface area contributed by atoms with Crippen LogP contribution in [0.5, 0.6) is 0 Å². The lowest BCUT2D eigenvalue weighted by atomic mass is 10.1. The van der Waals surface area contributed by atoms with E-state index in [4.69, 9.17) is 0 Å². The Bertz CT molecular complexity index is 858. The molecule has 0 aliphatic carbocycles. The Kier molecular flexibility index (Phi) is 7.12. The first kappa shape index (κ1) is 19.9. The van der Waals surface area contributed by atoms with Gasteiger partial charge in [0.2, 0.25) is 15.9 Å². The van der Waals surface area contributed by atoms with Gasteiger partial charge in [-0.2, -0.15) is 0 Å². The molecule has 0 atom stereocenters. The van der Waals surface area contributed by atoms with Gasteiger partial charge in [0.15, 0.2) is 0 Å². The molecule has 6 heteroatoms. The average Bonchev–Trinajstić information content (AvgIpc) is 2.63. The van der Waals surface area contributed by atoms with Gasteiger partial charge >= 0.3 is 0 Å². The van der Waals surface area contributed by atoms with Gasteiger partial charge < -0.3 is 5.32 Å². The van der Waals surface area contributed by atoms with E-state index < -0.39 is 10.0 Å². The third-order valence-corrected chi connectivity index (χ3v) is 5.42. The number of allylic oxidation sites excluding steroid dienone is 1. The molecular weight excluding hydrogens is 348 g/mol. The molecule has 2 rings (SSSR count). The van der Waals surface area contributed by atoms with E-state index in [-0.39, 0.29) is 10.8 Å². The van der Waals surface area contributed by atoms with Crippen molar-refractivity contribution in [3.8, 4) is 0 Å². The molecule has 0 aliphatic heterocycles. The van der Waals surface area contributed by atoms with Crippen molar-refractivity contribution in [3.63, 3.8) is 0 Å². The lowest BCUT2D eigenvalue weighted by Crippen LogP contribution is -2.24. The molecule has 0 bridgehead atoms. The zero-order chi connectivity index (χ0) is 19.0. The molecule has 0 fully saturated rings. The van der Waals surface area contributed by atoms with Gasteiger partial charge in [-0.15, -0.1) is 0 Å². The maximum atomic E-state index is 12.0. The van der Waals surface area contributed by atoms with Crippen molar-refractivity contribution < 1.29 is 13.2 Å². The maximum Gasteiger partial charge on any atom is 0.244 e. The van der Waals surface area contributed by atoms with Crippen LogP contribution in [0, 0.1) is 0 Å². The minimum absolute atomic E-state index is 0.141. The summed E-state index contributed by atoms with van der Waals surface area (Å²) < 4.78 is 26.2. The summed E-state index contributed by atoms with van der Waals surface area (Å²) >= 11 is 0. The van der Waals surface area contributed by atoms with Crippen molar-refractivity contribution in [1.29, 1.82) is 0 Å². The zero-order valence-corrected chi connectivity index (χ0v) is 15.8. The number of benzene rings is 2. The molecule has 0 spiro atoms. The third kappa shape index (κ3) is 5.82.